The third-order valence-corrected chi connectivity index (χ3v) is 5.95. The monoisotopic (exact) mass is 494 g/mol. The van der Waals surface area contributed by atoms with Crippen LogP contribution in [0, 0.1) is 5.21 Å². The summed E-state index contributed by atoms with van der Waals surface area (Å²) in [6, 6.07) is 10.6. The van der Waals surface area contributed by atoms with E-state index in [1.54, 1.807) is 30.5 Å². The lowest BCUT2D eigenvalue weighted by atomic mass is 9.85. The summed E-state index contributed by atoms with van der Waals surface area (Å²) in [5.74, 6) is -1.50. The molecule has 10 heteroatoms. The Bertz CT molecular complexity index is 1090. The first-order valence-corrected chi connectivity index (χ1v) is 11.0. The highest BCUT2D eigenvalue weighted by atomic mass is 19.3. The van der Waals surface area contributed by atoms with Crippen LogP contribution in [-0.2, 0) is 12.0 Å². The molecule has 3 aromatic rings. The van der Waals surface area contributed by atoms with Crippen LogP contribution in [0.25, 0.3) is 0 Å². The predicted octanol–water partition coefficient (Wildman–Crippen LogP) is 5.30. The molecule has 2 heterocycles. The van der Waals surface area contributed by atoms with E-state index >= 15 is 0 Å². The summed E-state index contributed by atoms with van der Waals surface area (Å²) in [7, 11) is 0. The lowest BCUT2D eigenvalue weighted by Gasteiger charge is -2.25. The Morgan fingerprint density at radius 3 is 2.06 bits per heavy atom. The number of hydrogen-bond acceptors (Lipinski definition) is 5. The molecule has 3 rings (SSSR count). The van der Waals surface area contributed by atoms with Crippen molar-refractivity contribution in [3.05, 3.63) is 88.6 Å². The molecular formula is C25H26F4N2O4. The van der Waals surface area contributed by atoms with E-state index < -0.39 is 36.2 Å². The number of ether oxygens (including phenoxy) is 2. The van der Waals surface area contributed by atoms with Gasteiger partial charge in [-0.15, -0.1) is 0 Å². The van der Waals surface area contributed by atoms with Gasteiger partial charge in [-0.2, -0.15) is 22.3 Å². The van der Waals surface area contributed by atoms with Crippen LogP contribution < -0.4 is 14.2 Å². The van der Waals surface area contributed by atoms with Gasteiger partial charge in [-0.05, 0) is 54.2 Å². The molecule has 1 unspecified atom stereocenters. The summed E-state index contributed by atoms with van der Waals surface area (Å²) in [5, 5.41) is 22.2. The van der Waals surface area contributed by atoms with E-state index in [9.17, 15) is 27.9 Å². The zero-order valence-corrected chi connectivity index (χ0v) is 19.2. The van der Waals surface area contributed by atoms with E-state index in [1.165, 1.54) is 24.5 Å². The van der Waals surface area contributed by atoms with Crippen molar-refractivity contribution in [3.63, 3.8) is 0 Å². The summed E-state index contributed by atoms with van der Waals surface area (Å²) in [5.41, 5.74) is 1.36. The van der Waals surface area contributed by atoms with Crippen molar-refractivity contribution in [1.82, 2.24) is 4.98 Å². The summed E-state index contributed by atoms with van der Waals surface area (Å²) in [6.45, 7) is -2.75. The first-order valence-electron chi connectivity index (χ1n) is 11.0. The molecule has 0 saturated carbocycles. The molecular weight excluding hydrogens is 468 g/mol. The van der Waals surface area contributed by atoms with Crippen LogP contribution in [0.1, 0.15) is 55.0 Å². The van der Waals surface area contributed by atoms with Crippen LogP contribution in [-0.4, -0.2) is 23.3 Å². The molecule has 0 aliphatic heterocycles. The van der Waals surface area contributed by atoms with Gasteiger partial charge >= 0.3 is 13.2 Å². The first-order chi connectivity index (χ1) is 16.6. The van der Waals surface area contributed by atoms with Crippen molar-refractivity contribution >= 4 is 0 Å². The van der Waals surface area contributed by atoms with Crippen molar-refractivity contribution in [2.45, 2.75) is 57.9 Å². The van der Waals surface area contributed by atoms with E-state index in [2.05, 4.69) is 14.5 Å². The standard InChI is InChI=1S/C25H26F4N2O4/c1-3-25(32,4-2)22-8-6-18(15-30-22)19(13-16-9-11-31(33)12-10-16)17-5-7-20(34-23(26)27)21(14-17)35-24(28)29/h5-12,14-15,19,23-24,32H,3-4,13H2,1-2H3. The number of halogens is 4. The molecule has 0 radical (unpaired) electrons. The molecule has 0 amide bonds. The molecule has 0 fully saturated rings. The fourth-order valence-corrected chi connectivity index (χ4v) is 3.87. The Labute approximate surface area is 200 Å². The minimum Gasteiger partial charge on any atom is -0.619 e. The Morgan fingerprint density at radius 1 is 0.914 bits per heavy atom. The molecule has 188 valence electrons. The second kappa shape index (κ2) is 11.4. The van der Waals surface area contributed by atoms with E-state index in [4.69, 9.17) is 0 Å². The zero-order chi connectivity index (χ0) is 25.6. The van der Waals surface area contributed by atoms with Crippen LogP contribution in [0.2, 0.25) is 0 Å². The Hall–Kier alpha value is -3.40. The molecule has 1 atom stereocenters. The predicted molar refractivity (Wildman–Crippen MR) is 119 cm³/mol. The summed E-state index contributed by atoms with van der Waals surface area (Å²) < 4.78 is 60.9. The largest absolute Gasteiger partial charge is 0.619 e. The van der Waals surface area contributed by atoms with Crippen molar-refractivity contribution < 1.29 is 36.9 Å². The van der Waals surface area contributed by atoms with E-state index in [-0.39, 0.29) is 0 Å². The maximum Gasteiger partial charge on any atom is 0.387 e. The number of rotatable bonds is 11. The fourth-order valence-electron chi connectivity index (χ4n) is 3.87. The molecule has 0 aliphatic rings. The van der Waals surface area contributed by atoms with Crippen LogP contribution in [0.5, 0.6) is 11.5 Å². The molecule has 1 aromatic carbocycles. The molecule has 0 saturated heterocycles. The van der Waals surface area contributed by atoms with Gasteiger partial charge in [0.25, 0.3) is 0 Å². The average molecular weight is 494 g/mol. The third-order valence-electron chi connectivity index (χ3n) is 5.95. The number of hydrogen-bond donors (Lipinski definition) is 1. The van der Waals surface area contributed by atoms with Gasteiger partial charge in [-0.25, -0.2) is 0 Å². The Balaban J connectivity index is 2.05. The van der Waals surface area contributed by atoms with Crippen molar-refractivity contribution in [3.8, 4) is 11.5 Å². The van der Waals surface area contributed by atoms with Gasteiger partial charge in [-0.3, -0.25) is 4.98 Å². The Kier molecular flexibility index (Phi) is 8.50. The highest BCUT2D eigenvalue weighted by molar-refractivity contribution is 5.46. The first kappa shape index (κ1) is 26.2. The second-order valence-electron chi connectivity index (χ2n) is 8.00. The summed E-state index contributed by atoms with van der Waals surface area (Å²) >= 11 is 0. The van der Waals surface area contributed by atoms with Gasteiger partial charge in [0.15, 0.2) is 23.9 Å². The highest BCUT2D eigenvalue weighted by Crippen LogP contribution is 2.37. The van der Waals surface area contributed by atoms with Crippen molar-refractivity contribution in [2.24, 2.45) is 0 Å². The molecule has 2 aromatic heterocycles. The van der Waals surface area contributed by atoms with Gasteiger partial charge in [0.05, 0.1) is 5.69 Å². The number of nitrogens with zero attached hydrogens (tertiary/aromatic N) is 2. The number of aromatic nitrogens is 2. The minimum absolute atomic E-state index is 0.344. The number of alkyl halides is 4. The van der Waals surface area contributed by atoms with Gasteiger partial charge < -0.3 is 19.8 Å². The second-order valence-corrected chi connectivity index (χ2v) is 8.00. The molecule has 0 bridgehead atoms. The molecule has 0 aliphatic carbocycles. The topological polar surface area (TPSA) is 78.5 Å². The molecule has 1 N–H and O–H groups in total. The van der Waals surface area contributed by atoms with Crippen LogP contribution in [0.3, 0.4) is 0 Å². The van der Waals surface area contributed by atoms with Crippen LogP contribution in [0.15, 0.2) is 61.1 Å². The zero-order valence-electron chi connectivity index (χ0n) is 19.2. The smallest absolute Gasteiger partial charge is 0.387 e. The molecule has 0 spiro atoms. The molecule has 35 heavy (non-hydrogen) atoms. The summed E-state index contributed by atoms with van der Waals surface area (Å²) in [4.78, 5) is 4.44. The maximum atomic E-state index is 13.0. The minimum atomic E-state index is -3.24. The van der Waals surface area contributed by atoms with E-state index in [1.807, 2.05) is 13.8 Å². The van der Waals surface area contributed by atoms with Gasteiger partial charge in [0.1, 0.15) is 5.60 Å². The fraction of sp³-hybridized carbons (Fsp3) is 0.360. The average Bonchev–Trinajstić information content (AvgIpc) is 2.84. The quantitative estimate of drug-likeness (QED) is 0.222. The lowest BCUT2D eigenvalue weighted by molar-refractivity contribution is -0.605. The van der Waals surface area contributed by atoms with Crippen LogP contribution in [0.4, 0.5) is 17.6 Å². The van der Waals surface area contributed by atoms with Crippen molar-refractivity contribution in [2.75, 3.05) is 0 Å². The van der Waals surface area contributed by atoms with E-state index in [0.29, 0.717) is 40.8 Å². The highest BCUT2D eigenvalue weighted by Gasteiger charge is 2.27. The van der Waals surface area contributed by atoms with Gasteiger partial charge in [-0.1, -0.05) is 26.0 Å². The van der Waals surface area contributed by atoms with Crippen LogP contribution >= 0.6 is 0 Å². The third kappa shape index (κ3) is 6.60. The Morgan fingerprint density at radius 2 is 1.51 bits per heavy atom. The van der Waals surface area contributed by atoms with Gasteiger partial charge in [0.2, 0.25) is 0 Å². The normalized spacial score (nSPS) is 12.7. The van der Waals surface area contributed by atoms with Gasteiger partial charge in [0, 0.05) is 24.2 Å². The SMILES string of the molecule is CCC(O)(CC)c1ccc(C(Cc2cc[n+]([O-])cc2)c2ccc(OC(F)F)c(OC(F)F)c2)cn1. The number of pyridine rings is 2. The van der Waals surface area contributed by atoms with E-state index in [0.717, 1.165) is 11.6 Å². The van der Waals surface area contributed by atoms with Crippen molar-refractivity contribution in [1.29, 1.82) is 0 Å². The summed E-state index contributed by atoms with van der Waals surface area (Å²) in [6.07, 6.45) is 5.54. The maximum absolute atomic E-state index is 13.0. The number of aliphatic hydroxyl groups is 1. The molecule has 6 nitrogen and oxygen atoms in total. The lowest BCUT2D eigenvalue weighted by Crippen LogP contribution is -2.25. The number of benzene rings is 1.